The highest BCUT2D eigenvalue weighted by atomic mass is 15.2. The Hall–Kier alpha value is -0.160. The first-order chi connectivity index (χ1) is 8.79. The van der Waals surface area contributed by atoms with E-state index in [4.69, 9.17) is 0 Å². The van der Waals surface area contributed by atoms with Gasteiger partial charge in [0.05, 0.1) is 0 Å². The molecule has 4 nitrogen and oxygen atoms in total. The molecule has 0 aromatic heterocycles. The number of hydrogen-bond donors (Lipinski definition) is 2. The smallest absolute Gasteiger partial charge is 0.0117 e. The van der Waals surface area contributed by atoms with Crippen LogP contribution in [0.5, 0.6) is 0 Å². The predicted molar refractivity (Wildman–Crippen MR) is 77.0 cm³/mol. The number of nitrogens with one attached hydrogen (secondary N) is 2. The molecule has 0 saturated carbocycles. The molecule has 2 heterocycles. The first-order valence-corrected chi connectivity index (χ1v) is 7.58. The molecule has 2 aliphatic heterocycles. The Balaban J connectivity index is 1.73. The van der Waals surface area contributed by atoms with Gasteiger partial charge < -0.3 is 20.4 Å². The second-order valence-corrected chi connectivity index (χ2v) is 5.94. The van der Waals surface area contributed by atoms with Gasteiger partial charge in [-0.3, -0.25) is 0 Å². The summed E-state index contributed by atoms with van der Waals surface area (Å²) in [4.78, 5) is 5.09. The van der Waals surface area contributed by atoms with Crippen LogP contribution < -0.4 is 10.6 Å². The van der Waals surface area contributed by atoms with Crippen molar-refractivity contribution >= 4 is 0 Å². The van der Waals surface area contributed by atoms with Gasteiger partial charge in [-0.05, 0) is 52.4 Å². The van der Waals surface area contributed by atoms with Gasteiger partial charge in [-0.15, -0.1) is 0 Å². The van der Waals surface area contributed by atoms with Crippen LogP contribution in [0.2, 0.25) is 0 Å². The Morgan fingerprint density at radius 3 is 2.72 bits per heavy atom. The summed E-state index contributed by atoms with van der Waals surface area (Å²) in [5.74, 6) is 0.844. The number of piperidine rings is 1. The standard InChI is InChI=1S/C14H30N4/c1-15-14(13-4-3-8-17(2)12-13)5-9-18-10-6-16-7-11-18/h13-16H,3-12H2,1-2H3. The van der Waals surface area contributed by atoms with Gasteiger partial charge in [0, 0.05) is 38.8 Å². The second-order valence-electron chi connectivity index (χ2n) is 5.94. The highest BCUT2D eigenvalue weighted by Crippen LogP contribution is 2.20. The number of likely N-dealkylation sites (tertiary alicyclic amines) is 1. The van der Waals surface area contributed by atoms with Gasteiger partial charge in [-0.25, -0.2) is 0 Å². The van der Waals surface area contributed by atoms with Crippen molar-refractivity contribution in [1.29, 1.82) is 0 Å². The third kappa shape index (κ3) is 4.19. The van der Waals surface area contributed by atoms with Gasteiger partial charge >= 0.3 is 0 Å². The number of hydrogen-bond acceptors (Lipinski definition) is 4. The molecule has 2 N–H and O–H groups in total. The van der Waals surface area contributed by atoms with E-state index in [1.807, 2.05) is 0 Å². The molecule has 18 heavy (non-hydrogen) atoms. The van der Waals surface area contributed by atoms with Gasteiger partial charge in [0.15, 0.2) is 0 Å². The van der Waals surface area contributed by atoms with Crippen LogP contribution in [-0.4, -0.2) is 75.8 Å². The SMILES string of the molecule is CNC(CCN1CCNCC1)C1CCCN(C)C1. The first kappa shape index (κ1) is 14.3. The van der Waals surface area contributed by atoms with Crippen LogP contribution in [0.1, 0.15) is 19.3 Å². The van der Waals surface area contributed by atoms with Gasteiger partial charge in [-0.2, -0.15) is 0 Å². The zero-order valence-corrected chi connectivity index (χ0v) is 12.1. The zero-order valence-electron chi connectivity index (χ0n) is 12.1. The van der Waals surface area contributed by atoms with E-state index in [0.29, 0.717) is 6.04 Å². The van der Waals surface area contributed by atoms with Gasteiger partial charge in [0.1, 0.15) is 0 Å². The van der Waals surface area contributed by atoms with Crippen molar-refractivity contribution in [3.05, 3.63) is 0 Å². The van der Waals surface area contributed by atoms with E-state index in [-0.39, 0.29) is 0 Å². The summed E-state index contributed by atoms with van der Waals surface area (Å²) in [6.07, 6.45) is 4.07. The molecule has 0 amide bonds. The van der Waals surface area contributed by atoms with E-state index >= 15 is 0 Å². The molecule has 0 aliphatic carbocycles. The van der Waals surface area contributed by atoms with E-state index in [2.05, 4.69) is 34.5 Å². The van der Waals surface area contributed by atoms with E-state index in [0.717, 1.165) is 19.0 Å². The average molecular weight is 254 g/mol. The van der Waals surface area contributed by atoms with Crippen LogP contribution in [0.25, 0.3) is 0 Å². The molecule has 2 saturated heterocycles. The van der Waals surface area contributed by atoms with Crippen LogP contribution in [0, 0.1) is 5.92 Å². The molecule has 0 aromatic rings. The summed E-state index contributed by atoms with van der Waals surface area (Å²) in [7, 11) is 4.40. The van der Waals surface area contributed by atoms with Crippen LogP contribution in [0.15, 0.2) is 0 Å². The Morgan fingerprint density at radius 2 is 2.06 bits per heavy atom. The Morgan fingerprint density at radius 1 is 1.28 bits per heavy atom. The molecule has 4 heteroatoms. The summed E-state index contributed by atoms with van der Waals surface area (Å²) < 4.78 is 0. The van der Waals surface area contributed by atoms with Crippen LogP contribution in [0.3, 0.4) is 0 Å². The summed E-state index contributed by atoms with van der Waals surface area (Å²) >= 11 is 0. The molecule has 2 rings (SSSR count). The molecule has 2 unspecified atom stereocenters. The minimum Gasteiger partial charge on any atom is -0.317 e. The minimum atomic E-state index is 0.697. The highest BCUT2D eigenvalue weighted by Gasteiger charge is 2.25. The fourth-order valence-electron chi connectivity index (χ4n) is 3.41. The van der Waals surface area contributed by atoms with Crippen molar-refractivity contribution in [2.45, 2.75) is 25.3 Å². The van der Waals surface area contributed by atoms with Crippen molar-refractivity contribution in [2.24, 2.45) is 5.92 Å². The van der Waals surface area contributed by atoms with Crippen molar-refractivity contribution in [2.75, 3.05) is 59.9 Å². The third-order valence-electron chi connectivity index (χ3n) is 4.57. The lowest BCUT2D eigenvalue weighted by Crippen LogP contribution is -2.47. The van der Waals surface area contributed by atoms with Crippen molar-refractivity contribution in [1.82, 2.24) is 20.4 Å². The van der Waals surface area contributed by atoms with E-state index in [1.165, 1.54) is 52.0 Å². The molecule has 0 radical (unpaired) electrons. The average Bonchev–Trinajstić information content (AvgIpc) is 2.41. The number of rotatable bonds is 5. The van der Waals surface area contributed by atoms with Gasteiger partial charge in [-0.1, -0.05) is 0 Å². The minimum absolute atomic E-state index is 0.697. The summed E-state index contributed by atoms with van der Waals surface area (Å²) in [5.41, 5.74) is 0. The number of nitrogens with zero attached hydrogens (tertiary/aromatic N) is 2. The third-order valence-corrected chi connectivity index (χ3v) is 4.57. The van der Waals surface area contributed by atoms with Crippen LogP contribution in [0.4, 0.5) is 0 Å². The maximum absolute atomic E-state index is 3.56. The molecular formula is C14H30N4. The number of piperazine rings is 1. The fourth-order valence-corrected chi connectivity index (χ4v) is 3.41. The summed E-state index contributed by atoms with van der Waals surface area (Å²) in [6, 6.07) is 0.697. The quantitative estimate of drug-likeness (QED) is 0.734. The van der Waals surface area contributed by atoms with Crippen LogP contribution in [-0.2, 0) is 0 Å². The normalized spacial score (nSPS) is 29.3. The molecule has 106 valence electrons. The Kier molecular flexibility index (Phi) is 5.89. The molecule has 0 bridgehead atoms. The molecule has 2 atom stereocenters. The van der Waals surface area contributed by atoms with Gasteiger partial charge in [0.25, 0.3) is 0 Å². The molecule has 0 aromatic carbocycles. The van der Waals surface area contributed by atoms with Crippen molar-refractivity contribution in [3.63, 3.8) is 0 Å². The van der Waals surface area contributed by atoms with Crippen molar-refractivity contribution in [3.8, 4) is 0 Å². The lowest BCUT2D eigenvalue weighted by molar-refractivity contribution is 0.157. The molecular weight excluding hydrogens is 224 g/mol. The maximum atomic E-state index is 3.56. The topological polar surface area (TPSA) is 30.5 Å². The fraction of sp³-hybridized carbons (Fsp3) is 1.00. The van der Waals surface area contributed by atoms with E-state index in [9.17, 15) is 0 Å². The van der Waals surface area contributed by atoms with Crippen LogP contribution >= 0.6 is 0 Å². The Labute approximate surface area is 112 Å². The molecule has 0 spiro atoms. The van der Waals surface area contributed by atoms with E-state index in [1.54, 1.807) is 0 Å². The lowest BCUT2D eigenvalue weighted by Gasteiger charge is -2.36. The van der Waals surface area contributed by atoms with E-state index < -0.39 is 0 Å². The summed E-state index contributed by atoms with van der Waals surface area (Å²) in [5, 5.41) is 6.98. The highest BCUT2D eigenvalue weighted by molar-refractivity contribution is 4.82. The zero-order chi connectivity index (χ0) is 12.8. The Bertz CT molecular complexity index is 228. The van der Waals surface area contributed by atoms with Crippen molar-refractivity contribution < 1.29 is 0 Å². The maximum Gasteiger partial charge on any atom is 0.0117 e. The van der Waals surface area contributed by atoms with Gasteiger partial charge in [0.2, 0.25) is 0 Å². The predicted octanol–water partition coefficient (Wildman–Crippen LogP) is 0.212. The first-order valence-electron chi connectivity index (χ1n) is 7.58. The second kappa shape index (κ2) is 7.43. The summed E-state index contributed by atoms with van der Waals surface area (Å²) in [6.45, 7) is 8.58. The monoisotopic (exact) mass is 254 g/mol. The molecule has 2 aliphatic rings. The molecule has 2 fully saturated rings. The largest absolute Gasteiger partial charge is 0.317 e. The lowest BCUT2D eigenvalue weighted by atomic mass is 9.89.